The van der Waals surface area contributed by atoms with Crippen molar-refractivity contribution in [1.29, 1.82) is 0 Å². The standard InChI is InChI=1S/C13H7F3N2O3/c14-13(15,16)11-8(4-3-6-10(11)18(20)21)12(19)9-5-1-2-7-17-9/h1-7H. The normalized spacial score (nSPS) is 11.2. The van der Waals surface area contributed by atoms with Crippen LogP contribution in [0.15, 0.2) is 42.6 Å². The van der Waals surface area contributed by atoms with Crippen LogP contribution in [-0.4, -0.2) is 15.7 Å². The molecule has 0 saturated heterocycles. The van der Waals surface area contributed by atoms with Gasteiger partial charge in [-0.05, 0) is 18.2 Å². The van der Waals surface area contributed by atoms with Crippen molar-refractivity contribution in [2.45, 2.75) is 6.18 Å². The van der Waals surface area contributed by atoms with Crippen LogP contribution in [0.5, 0.6) is 0 Å². The first-order chi connectivity index (χ1) is 9.82. The number of ketones is 1. The van der Waals surface area contributed by atoms with Gasteiger partial charge in [0.2, 0.25) is 5.78 Å². The van der Waals surface area contributed by atoms with Crippen LogP contribution in [0.3, 0.4) is 0 Å². The first kappa shape index (κ1) is 14.6. The van der Waals surface area contributed by atoms with Gasteiger partial charge in [0.05, 0.1) is 4.92 Å². The highest BCUT2D eigenvalue weighted by molar-refractivity contribution is 6.09. The number of hydrogen-bond acceptors (Lipinski definition) is 4. The van der Waals surface area contributed by atoms with Crippen molar-refractivity contribution in [2.24, 2.45) is 0 Å². The Balaban J connectivity index is 2.67. The summed E-state index contributed by atoms with van der Waals surface area (Å²) in [5.74, 6) is -1.02. The van der Waals surface area contributed by atoms with Crippen molar-refractivity contribution >= 4 is 11.5 Å². The third-order valence-corrected chi connectivity index (χ3v) is 2.66. The lowest BCUT2D eigenvalue weighted by Crippen LogP contribution is -2.16. The van der Waals surface area contributed by atoms with Crippen LogP contribution in [0.4, 0.5) is 18.9 Å². The van der Waals surface area contributed by atoms with Gasteiger partial charge in [-0.2, -0.15) is 13.2 Å². The lowest BCUT2D eigenvalue weighted by Gasteiger charge is -2.11. The lowest BCUT2D eigenvalue weighted by molar-refractivity contribution is -0.388. The molecule has 0 unspecified atom stereocenters. The molecule has 0 fully saturated rings. The molecule has 0 spiro atoms. The number of nitro benzene ring substituents is 1. The Hall–Kier alpha value is -2.77. The van der Waals surface area contributed by atoms with Crippen molar-refractivity contribution in [3.8, 4) is 0 Å². The Morgan fingerprint density at radius 2 is 1.86 bits per heavy atom. The molecule has 1 heterocycles. The van der Waals surface area contributed by atoms with E-state index in [0.717, 1.165) is 12.1 Å². The molecule has 2 aromatic rings. The van der Waals surface area contributed by atoms with Crippen LogP contribution in [0.1, 0.15) is 21.6 Å². The fourth-order valence-electron chi connectivity index (χ4n) is 1.81. The molecule has 0 saturated carbocycles. The highest BCUT2D eigenvalue weighted by Gasteiger charge is 2.42. The van der Waals surface area contributed by atoms with E-state index in [0.29, 0.717) is 6.07 Å². The van der Waals surface area contributed by atoms with Crippen LogP contribution in [0.25, 0.3) is 0 Å². The molecular formula is C13H7F3N2O3. The van der Waals surface area contributed by atoms with Crippen molar-refractivity contribution in [3.05, 3.63) is 69.5 Å². The van der Waals surface area contributed by atoms with Gasteiger partial charge in [0.1, 0.15) is 11.3 Å². The molecule has 5 nitrogen and oxygen atoms in total. The topological polar surface area (TPSA) is 73.1 Å². The maximum Gasteiger partial charge on any atom is 0.423 e. The van der Waals surface area contributed by atoms with Crippen LogP contribution in [0.2, 0.25) is 0 Å². The summed E-state index contributed by atoms with van der Waals surface area (Å²) in [6.07, 6.45) is -3.78. The lowest BCUT2D eigenvalue weighted by atomic mass is 9.99. The van der Waals surface area contributed by atoms with Crippen LogP contribution in [-0.2, 0) is 6.18 Å². The van der Waals surface area contributed by atoms with Gasteiger partial charge in [-0.25, -0.2) is 0 Å². The number of carbonyl (C=O) groups is 1. The number of aromatic nitrogens is 1. The van der Waals surface area contributed by atoms with E-state index in [1.165, 1.54) is 24.4 Å². The molecule has 0 radical (unpaired) electrons. The average molecular weight is 296 g/mol. The minimum atomic E-state index is -5.02. The fraction of sp³-hybridized carbons (Fsp3) is 0.0769. The summed E-state index contributed by atoms with van der Waals surface area (Å²) in [6.45, 7) is 0. The SMILES string of the molecule is O=C(c1ccccn1)c1cccc([N+](=O)[O-])c1C(F)(F)F. The van der Waals surface area contributed by atoms with E-state index in [4.69, 9.17) is 0 Å². The molecule has 0 amide bonds. The van der Waals surface area contributed by atoms with E-state index in [1.807, 2.05) is 0 Å². The largest absolute Gasteiger partial charge is 0.423 e. The molecule has 108 valence electrons. The zero-order chi connectivity index (χ0) is 15.6. The molecule has 0 N–H and O–H groups in total. The van der Waals surface area contributed by atoms with Crippen molar-refractivity contribution in [3.63, 3.8) is 0 Å². The van der Waals surface area contributed by atoms with Gasteiger partial charge in [-0.15, -0.1) is 0 Å². The van der Waals surface area contributed by atoms with Gasteiger partial charge in [0, 0.05) is 17.8 Å². The van der Waals surface area contributed by atoms with E-state index < -0.39 is 33.7 Å². The number of hydrogen-bond donors (Lipinski definition) is 0. The monoisotopic (exact) mass is 296 g/mol. The van der Waals surface area contributed by atoms with Gasteiger partial charge in [0.25, 0.3) is 5.69 Å². The molecule has 21 heavy (non-hydrogen) atoms. The van der Waals surface area contributed by atoms with Crippen molar-refractivity contribution in [2.75, 3.05) is 0 Å². The molecule has 0 aliphatic carbocycles. The first-order valence-corrected chi connectivity index (χ1v) is 5.62. The summed E-state index contributed by atoms with van der Waals surface area (Å²) >= 11 is 0. The second-order valence-electron chi connectivity index (χ2n) is 4.00. The quantitative estimate of drug-likeness (QED) is 0.495. The van der Waals surface area contributed by atoms with E-state index in [2.05, 4.69) is 4.98 Å². The molecule has 0 aliphatic heterocycles. The van der Waals surface area contributed by atoms with E-state index in [9.17, 15) is 28.1 Å². The summed E-state index contributed by atoms with van der Waals surface area (Å²) in [7, 11) is 0. The van der Waals surface area contributed by atoms with Crippen LogP contribution < -0.4 is 0 Å². The van der Waals surface area contributed by atoms with Crippen LogP contribution in [0, 0.1) is 10.1 Å². The summed E-state index contributed by atoms with van der Waals surface area (Å²) in [5.41, 5.74) is -3.74. The minimum Gasteiger partial charge on any atom is -0.287 e. The molecule has 8 heteroatoms. The van der Waals surface area contributed by atoms with Gasteiger partial charge in [-0.1, -0.05) is 12.1 Å². The second kappa shape index (κ2) is 5.31. The van der Waals surface area contributed by atoms with Crippen LogP contribution >= 0.6 is 0 Å². The fourth-order valence-corrected chi connectivity index (χ4v) is 1.81. The smallest absolute Gasteiger partial charge is 0.287 e. The van der Waals surface area contributed by atoms with Crippen molar-refractivity contribution < 1.29 is 22.9 Å². The highest BCUT2D eigenvalue weighted by atomic mass is 19.4. The molecule has 0 aliphatic rings. The number of benzene rings is 1. The predicted octanol–water partition coefficient (Wildman–Crippen LogP) is 3.24. The molecule has 0 atom stereocenters. The Morgan fingerprint density at radius 1 is 1.14 bits per heavy atom. The molecule has 0 bridgehead atoms. The summed E-state index contributed by atoms with van der Waals surface area (Å²) in [5, 5.41) is 10.8. The first-order valence-electron chi connectivity index (χ1n) is 5.62. The zero-order valence-electron chi connectivity index (χ0n) is 10.3. The summed E-state index contributed by atoms with van der Waals surface area (Å²) < 4.78 is 39.2. The zero-order valence-corrected chi connectivity index (χ0v) is 10.3. The summed E-state index contributed by atoms with van der Waals surface area (Å²) in [6, 6.07) is 6.80. The highest BCUT2D eigenvalue weighted by Crippen LogP contribution is 2.39. The molecule has 1 aromatic heterocycles. The third kappa shape index (κ3) is 2.88. The molecule has 2 rings (SSSR count). The number of nitro groups is 1. The number of carbonyl (C=O) groups excluding carboxylic acids is 1. The van der Waals surface area contributed by atoms with Gasteiger partial charge < -0.3 is 0 Å². The van der Waals surface area contributed by atoms with Crippen molar-refractivity contribution in [1.82, 2.24) is 4.98 Å². The van der Waals surface area contributed by atoms with Gasteiger partial charge in [0.15, 0.2) is 0 Å². The number of nitrogens with zero attached hydrogens (tertiary/aromatic N) is 2. The van der Waals surface area contributed by atoms with E-state index >= 15 is 0 Å². The predicted molar refractivity (Wildman–Crippen MR) is 65.8 cm³/mol. The maximum atomic E-state index is 13.1. The van der Waals surface area contributed by atoms with E-state index in [-0.39, 0.29) is 5.69 Å². The van der Waals surface area contributed by atoms with Gasteiger partial charge >= 0.3 is 6.18 Å². The Morgan fingerprint density at radius 3 is 2.38 bits per heavy atom. The third-order valence-electron chi connectivity index (χ3n) is 2.66. The second-order valence-corrected chi connectivity index (χ2v) is 4.00. The Bertz CT molecular complexity index is 700. The Labute approximate surface area is 116 Å². The number of halogens is 3. The number of pyridine rings is 1. The Kier molecular flexibility index (Phi) is 3.70. The molecular weight excluding hydrogens is 289 g/mol. The number of alkyl halides is 3. The average Bonchev–Trinajstić information content (AvgIpc) is 2.45. The van der Waals surface area contributed by atoms with Gasteiger partial charge in [-0.3, -0.25) is 19.9 Å². The summed E-state index contributed by atoms with van der Waals surface area (Å²) in [4.78, 5) is 25.4. The minimum absolute atomic E-state index is 0.219. The molecule has 1 aromatic carbocycles. The maximum absolute atomic E-state index is 13.1. The van der Waals surface area contributed by atoms with E-state index in [1.54, 1.807) is 0 Å². The number of rotatable bonds is 3.